The molecule has 0 aromatic carbocycles. The Balaban J connectivity index is 5.28. The van der Waals surface area contributed by atoms with Crippen LogP contribution in [0.25, 0.3) is 0 Å². The van der Waals surface area contributed by atoms with Crippen LogP contribution in [0.15, 0.2) is 24.3 Å². The number of hydrogen-bond donors (Lipinski definition) is 3. The molecule has 17 nitrogen and oxygen atoms in total. The third-order valence-corrected chi connectivity index (χ3v) is 20.3. The van der Waals surface area contributed by atoms with E-state index in [0.29, 0.717) is 25.7 Å². The summed E-state index contributed by atoms with van der Waals surface area (Å²) < 4.78 is 68.7. The Morgan fingerprint density at radius 1 is 0.310 bits per heavy atom. The van der Waals surface area contributed by atoms with Crippen molar-refractivity contribution in [2.24, 2.45) is 5.92 Å². The van der Waals surface area contributed by atoms with E-state index in [2.05, 4.69) is 58.9 Å². The lowest BCUT2D eigenvalue weighted by molar-refractivity contribution is -0.161. The van der Waals surface area contributed by atoms with Crippen LogP contribution in [-0.2, 0) is 65.4 Å². The number of aliphatic hydroxyl groups is 1. The Morgan fingerprint density at radius 3 is 0.820 bits per heavy atom. The summed E-state index contributed by atoms with van der Waals surface area (Å²) in [5, 5.41) is 10.6. The molecule has 0 saturated heterocycles. The van der Waals surface area contributed by atoms with E-state index in [1.807, 2.05) is 0 Å². The summed E-state index contributed by atoms with van der Waals surface area (Å²) in [6.07, 6.45) is 67.2. The molecule has 2 unspecified atom stereocenters. The Labute approximate surface area is 612 Å². The van der Waals surface area contributed by atoms with E-state index in [1.54, 1.807) is 0 Å². The Hall–Kier alpha value is -2.46. The molecular formula is C81H154O17P2. The molecule has 0 saturated carbocycles. The number of rotatable bonds is 79. The van der Waals surface area contributed by atoms with Gasteiger partial charge in [-0.3, -0.25) is 37.3 Å². The van der Waals surface area contributed by atoms with Crippen LogP contribution in [0.2, 0.25) is 0 Å². The quantitative estimate of drug-likeness (QED) is 0.0169. The first-order chi connectivity index (χ1) is 48.5. The van der Waals surface area contributed by atoms with Crippen LogP contribution in [0, 0.1) is 5.92 Å². The highest BCUT2D eigenvalue weighted by Crippen LogP contribution is 2.45. The zero-order valence-electron chi connectivity index (χ0n) is 64.8. The van der Waals surface area contributed by atoms with Gasteiger partial charge < -0.3 is 33.8 Å². The molecule has 0 aromatic heterocycles. The van der Waals surface area contributed by atoms with Gasteiger partial charge in [0.2, 0.25) is 0 Å². The minimum atomic E-state index is -4.97. The van der Waals surface area contributed by atoms with Gasteiger partial charge in [0.05, 0.1) is 26.4 Å². The first-order valence-electron chi connectivity index (χ1n) is 41.5. The van der Waals surface area contributed by atoms with Crippen molar-refractivity contribution < 1.29 is 80.2 Å². The van der Waals surface area contributed by atoms with Crippen molar-refractivity contribution >= 4 is 39.5 Å². The Morgan fingerprint density at radius 2 is 0.540 bits per heavy atom. The van der Waals surface area contributed by atoms with Gasteiger partial charge in [0, 0.05) is 25.7 Å². The van der Waals surface area contributed by atoms with Crippen molar-refractivity contribution in [1.29, 1.82) is 0 Å². The molecule has 0 radical (unpaired) electrons. The second kappa shape index (κ2) is 73.4. The van der Waals surface area contributed by atoms with Gasteiger partial charge in [0.1, 0.15) is 19.3 Å². The number of allylic oxidation sites excluding steroid dienone is 4. The monoisotopic (exact) mass is 1460 g/mol. The summed E-state index contributed by atoms with van der Waals surface area (Å²) in [6, 6.07) is 0. The average molecular weight is 1460 g/mol. The van der Waals surface area contributed by atoms with Gasteiger partial charge in [-0.1, -0.05) is 354 Å². The average Bonchev–Trinajstić information content (AvgIpc) is 0.940. The van der Waals surface area contributed by atoms with Crippen LogP contribution >= 0.6 is 15.6 Å². The number of phosphoric ester groups is 2. The van der Waals surface area contributed by atoms with Crippen molar-refractivity contribution in [2.45, 2.75) is 425 Å². The maximum Gasteiger partial charge on any atom is 0.472 e. The van der Waals surface area contributed by atoms with Gasteiger partial charge in [0.25, 0.3) is 0 Å². The molecule has 0 heterocycles. The molecule has 0 spiro atoms. The van der Waals surface area contributed by atoms with Crippen LogP contribution in [0.5, 0.6) is 0 Å². The lowest BCUT2D eigenvalue weighted by Crippen LogP contribution is -2.30. The highest BCUT2D eigenvalue weighted by molar-refractivity contribution is 7.47. The molecule has 100 heavy (non-hydrogen) atoms. The second-order valence-electron chi connectivity index (χ2n) is 29.0. The predicted octanol–water partition coefficient (Wildman–Crippen LogP) is 24.0. The summed E-state index contributed by atoms with van der Waals surface area (Å²) in [4.78, 5) is 73.0. The number of esters is 4. The Kier molecular flexibility index (Phi) is 71.6. The van der Waals surface area contributed by atoms with Crippen molar-refractivity contribution in [2.75, 3.05) is 39.6 Å². The number of carbonyl (C=O) groups is 4. The molecule has 0 aliphatic carbocycles. The van der Waals surface area contributed by atoms with Gasteiger partial charge >= 0.3 is 39.5 Å². The van der Waals surface area contributed by atoms with E-state index in [4.69, 9.17) is 37.0 Å². The minimum absolute atomic E-state index is 0.101. The number of unbranched alkanes of at least 4 members (excludes halogenated alkanes) is 48. The summed E-state index contributed by atoms with van der Waals surface area (Å²) in [7, 11) is -9.93. The molecule has 0 rings (SSSR count). The largest absolute Gasteiger partial charge is 0.472 e. The van der Waals surface area contributed by atoms with Crippen molar-refractivity contribution in [3.8, 4) is 0 Å². The van der Waals surface area contributed by atoms with Gasteiger partial charge in [-0.15, -0.1) is 0 Å². The molecule has 0 aliphatic heterocycles. The summed E-state index contributed by atoms with van der Waals surface area (Å²) >= 11 is 0. The van der Waals surface area contributed by atoms with Gasteiger partial charge in [-0.05, 0) is 57.3 Å². The Bertz CT molecular complexity index is 2000. The molecule has 590 valence electrons. The summed E-state index contributed by atoms with van der Waals surface area (Å²) in [5.74, 6) is -1.33. The molecule has 0 amide bonds. The molecule has 0 aliphatic rings. The highest BCUT2D eigenvalue weighted by atomic mass is 31.2. The minimum Gasteiger partial charge on any atom is -0.462 e. The second-order valence-corrected chi connectivity index (χ2v) is 31.9. The van der Waals surface area contributed by atoms with Crippen LogP contribution < -0.4 is 0 Å². The molecule has 19 heteroatoms. The third kappa shape index (κ3) is 73.8. The SMILES string of the molecule is CCCCCC/C=C\C=C/CCCCCCCC(=O)OC[C@H](COP(=O)(O)OC[C@@H](O)COP(=O)(O)OC[C@@H](COC(=O)CCCCCCCCCCCCCC)OC(=O)CCCCCCCCCCCCCCCC)OC(=O)CCCCCCCCCCCCCCCCCCC(C)C. The van der Waals surface area contributed by atoms with Crippen LogP contribution in [0.1, 0.15) is 407 Å². The molecule has 0 bridgehead atoms. The lowest BCUT2D eigenvalue weighted by atomic mass is 10.0. The van der Waals surface area contributed by atoms with E-state index < -0.39 is 97.5 Å². The highest BCUT2D eigenvalue weighted by Gasteiger charge is 2.30. The van der Waals surface area contributed by atoms with E-state index in [0.717, 1.165) is 115 Å². The topological polar surface area (TPSA) is 237 Å². The number of carbonyl (C=O) groups excluding carboxylic acids is 4. The van der Waals surface area contributed by atoms with Crippen molar-refractivity contribution in [1.82, 2.24) is 0 Å². The van der Waals surface area contributed by atoms with Crippen LogP contribution in [0.3, 0.4) is 0 Å². The molecule has 5 atom stereocenters. The first-order valence-corrected chi connectivity index (χ1v) is 44.4. The summed E-state index contributed by atoms with van der Waals surface area (Å²) in [5.41, 5.74) is 0. The molecule has 3 N–H and O–H groups in total. The van der Waals surface area contributed by atoms with E-state index >= 15 is 0 Å². The van der Waals surface area contributed by atoms with Crippen LogP contribution in [-0.4, -0.2) is 96.7 Å². The number of phosphoric acid groups is 2. The number of hydrogen-bond acceptors (Lipinski definition) is 15. The van der Waals surface area contributed by atoms with Crippen LogP contribution in [0.4, 0.5) is 0 Å². The first kappa shape index (κ1) is 97.5. The fraction of sp³-hybridized carbons (Fsp3) is 0.901. The van der Waals surface area contributed by atoms with E-state index in [-0.39, 0.29) is 25.7 Å². The zero-order chi connectivity index (χ0) is 73.4. The van der Waals surface area contributed by atoms with Gasteiger partial charge in [-0.25, -0.2) is 9.13 Å². The lowest BCUT2D eigenvalue weighted by Gasteiger charge is -2.21. The normalized spacial score (nSPS) is 14.0. The molecule has 0 fully saturated rings. The zero-order valence-corrected chi connectivity index (χ0v) is 66.6. The van der Waals surface area contributed by atoms with Crippen molar-refractivity contribution in [3.63, 3.8) is 0 Å². The van der Waals surface area contributed by atoms with Gasteiger partial charge in [-0.2, -0.15) is 0 Å². The fourth-order valence-electron chi connectivity index (χ4n) is 12.0. The summed E-state index contributed by atoms with van der Waals surface area (Å²) in [6.45, 7) is 7.30. The number of aliphatic hydroxyl groups excluding tert-OH is 1. The third-order valence-electron chi connectivity index (χ3n) is 18.4. The van der Waals surface area contributed by atoms with Crippen molar-refractivity contribution in [3.05, 3.63) is 24.3 Å². The van der Waals surface area contributed by atoms with E-state index in [1.165, 1.54) is 212 Å². The molecule has 0 aromatic rings. The standard InChI is InChI=1S/C81H154O17P2/c1-6-9-12-15-18-21-24-27-31-36-40-45-50-55-60-65-79(84)92-71-77(98-81(86)67-62-57-52-47-42-37-33-30-29-32-34-38-43-48-53-58-63-74(4)5)73-96-100(89,90)94-69-75(82)68-93-99(87,88)95-72-76(70-91-78(83)64-59-54-49-44-39-26-23-20-17-14-11-8-3)97-80(85)66-61-56-51-46-41-35-28-25-22-19-16-13-10-7-2/h21,24,27,31,74-77,82H,6-20,22-23,25-26,28-30,32-73H2,1-5H3,(H,87,88)(H,89,90)/b24-21-,31-27-/t75-,76+,77+/m0/s1. The van der Waals surface area contributed by atoms with Gasteiger partial charge in [0.15, 0.2) is 12.2 Å². The predicted molar refractivity (Wildman–Crippen MR) is 409 cm³/mol. The fourth-order valence-corrected chi connectivity index (χ4v) is 13.6. The maximum atomic E-state index is 13.1. The maximum absolute atomic E-state index is 13.1. The number of ether oxygens (including phenoxy) is 4. The smallest absolute Gasteiger partial charge is 0.462 e. The molecular weight excluding hydrogens is 1310 g/mol. The van der Waals surface area contributed by atoms with E-state index in [9.17, 15) is 43.2 Å².